The van der Waals surface area contributed by atoms with Gasteiger partial charge in [0.25, 0.3) is 11.5 Å². The van der Waals surface area contributed by atoms with Crippen LogP contribution in [0, 0.1) is 0 Å². The van der Waals surface area contributed by atoms with Crippen LogP contribution in [0.25, 0.3) is 10.9 Å². The number of ether oxygens (including phenoxy) is 1. The van der Waals surface area contributed by atoms with E-state index in [0.29, 0.717) is 28.8 Å². The van der Waals surface area contributed by atoms with Gasteiger partial charge in [-0.2, -0.15) is 0 Å². The van der Waals surface area contributed by atoms with Crippen molar-refractivity contribution in [2.24, 2.45) is 0 Å². The molecule has 1 saturated heterocycles. The fourth-order valence-corrected chi connectivity index (χ4v) is 3.78. The zero-order chi connectivity index (χ0) is 18.5. The van der Waals surface area contributed by atoms with Gasteiger partial charge in [-0.1, -0.05) is 5.21 Å². The van der Waals surface area contributed by atoms with E-state index in [9.17, 15) is 9.59 Å². The van der Waals surface area contributed by atoms with Gasteiger partial charge in [-0.15, -0.1) is 5.10 Å². The van der Waals surface area contributed by atoms with Crippen LogP contribution in [0.4, 0.5) is 0 Å². The Hall–Kier alpha value is -3.29. The molecule has 8 nitrogen and oxygen atoms in total. The van der Waals surface area contributed by atoms with Crippen molar-refractivity contribution < 1.29 is 9.53 Å². The van der Waals surface area contributed by atoms with E-state index >= 15 is 0 Å². The Bertz CT molecular complexity index is 1110. The number of aromatic nitrogens is 4. The minimum absolute atomic E-state index is 0.0724. The van der Waals surface area contributed by atoms with E-state index in [1.54, 1.807) is 29.4 Å². The van der Waals surface area contributed by atoms with Gasteiger partial charge in [-0.25, -0.2) is 4.68 Å². The normalized spacial score (nSPS) is 19.5. The monoisotopic (exact) mass is 363 g/mol. The number of rotatable bonds is 2. The summed E-state index contributed by atoms with van der Waals surface area (Å²) in [7, 11) is 0. The fourth-order valence-electron chi connectivity index (χ4n) is 3.78. The number of hydrogen-bond acceptors (Lipinski definition) is 6. The topological polar surface area (TPSA) is 90.2 Å². The van der Waals surface area contributed by atoms with Crippen molar-refractivity contribution in [3.05, 3.63) is 58.1 Å². The summed E-state index contributed by atoms with van der Waals surface area (Å²) in [4.78, 5) is 31.5. The maximum absolute atomic E-state index is 13.0. The van der Waals surface area contributed by atoms with Crippen LogP contribution < -0.4 is 10.3 Å². The lowest BCUT2D eigenvalue weighted by atomic mass is 10.1. The Kier molecular flexibility index (Phi) is 3.46. The number of nitrogens with zero attached hydrogens (tertiary/aromatic N) is 5. The third-order valence-electron chi connectivity index (χ3n) is 5.29. The van der Waals surface area contributed by atoms with E-state index in [4.69, 9.17) is 4.74 Å². The van der Waals surface area contributed by atoms with Gasteiger partial charge in [0.05, 0.1) is 17.0 Å². The highest BCUT2D eigenvalue weighted by Crippen LogP contribution is 2.34. The van der Waals surface area contributed by atoms with E-state index in [1.807, 2.05) is 19.1 Å². The number of fused-ring (bicyclic) bond motifs is 3. The first-order chi connectivity index (χ1) is 13.1. The Morgan fingerprint density at radius 2 is 2.04 bits per heavy atom. The average molecular weight is 363 g/mol. The van der Waals surface area contributed by atoms with Gasteiger partial charge in [0.1, 0.15) is 11.3 Å². The Morgan fingerprint density at radius 1 is 1.22 bits per heavy atom. The molecule has 3 aromatic rings. The summed E-state index contributed by atoms with van der Waals surface area (Å²) >= 11 is 0. The third-order valence-corrected chi connectivity index (χ3v) is 5.29. The first-order valence-electron chi connectivity index (χ1n) is 8.94. The van der Waals surface area contributed by atoms with Crippen molar-refractivity contribution in [2.75, 3.05) is 6.54 Å². The van der Waals surface area contributed by atoms with Crippen LogP contribution in [0.15, 0.2) is 41.5 Å². The Balaban J connectivity index is 1.63. The summed E-state index contributed by atoms with van der Waals surface area (Å²) in [5, 5.41) is 8.67. The van der Waals surface area contributed by atoms with Crippen LogP contribution in [0.1, 0.15) is 41.7 Å². The molecule has 136 valence electrons. The highest BCUT2D eigenvalue weighted by atomic mass is 16.5. The molecule has 2 aliphatic rings. The number of hydrogen-bond donors (Lipinski definition) is 0. The summed E-state index contributed by atoms with van der Waals surface area (Å²) in [5.74, 6) is 0.376. The van der Waals surface area contributed by atoms with Gasteiger partial charge in [0.2, 0.25) is 0 Å². The molecule has 1 amide bonds. The number of pyridine rings is 1. The second-order valence-electron chi connectivity index (χ2n) is 6.87. The summed E-state index contributed by atoms with van der Waals surface area (Å²) in [6, 6.07) is 6.63. The molecule has 0 aliphatic carbocycles. The maximum atomic E-state index is 13.0. The molecule has 5 rings (SSSR count). The molecule has 1 aromatic carbocycles. The summed E-state index contributed by atoms with van der Waals surface area (Å²) < 4.78 is 7.32. The minimum Gasteiger partial charge on any atom is -0.470 e. The molecular weight excluding hydrogens is 346 g/mol. The highest BCUT2D eigenvalue weighted by molar-refractivity contribution is 6.01. The van der Waals surface area contributed by atoms with E-state index in [-0.39, 0.29) is 23.7 Å². The molecule has 0 N–H and O–H groups in total. The third kappa shape index (κ3) is 2.40. The molecular formula is C19H17N5O3. The predicted molar refractivity (Wildman–Crippen MR) is 96.5 cm³/mol. The number of carbonyl (C=O) groups is 1. The average Bonchev–Trinajstić information content (AvgIpc) is 3.17. The van der Waals surface area contributed by atoms with E-state index in [2.05, 4.69) is 15.3 Å². The Morgan fingerprint density at radius 3 is 2.85 bits per heavy atom. The van der Waals surface area contributed by atoms with Gasteiger partial charge < -0.3 is 9.64 Å². The Labute approximate surface area is 154 Å². The summed E-state index contributed by atoms with van der Waals surface area (Å²) in [6.07, 6.45) is 4.83. The van der Waals surface area contributed by atoms with Crippen LogP contribution in [-0.2, 0) is 0 Å². The smallest absolute Gasteiger partial charge is 0.278 e. The van der Waals surface area contributed by atoms with Crippen LogP contribution >= 0.6 is 0 Å². The van der Waals surface area contributed by atoms with Gasteiger partial charge in [-0.3, -0.25) is 14.6 Å². The highest BCUT2D eigenvalue weighted by Gasteiger charge is 2.37. The number of benzene rings is 1. The van der Waals surface area contributed by atoms with Crippen molar-refractivity contribution >= 4 is 16.8 Å². The standard InChI is InChI=1S/C19H17N5O3/c1-11(12-4-6-20-7-5-12)24-19(26)13-10-16-14(9-15(13)21-22-24)18(25)23-8-2-3-17(23)27-16/h4-7,9-11,17H,2-3,8H2,1H3. The van der Waals surface area contributed by atoms with Crippen molar-refractivity contribution in [1.82, 2.24) is 24.9 Å². The first kappa shape index (κ1) is 15.9. The second kappa shape index (κ2) is 5.87. The summed E-state index contributed by atoms with van der Waals surface area (Å²) in [6.45, 7) is 2.57. The molecule has 8 heteroatoms. The zero-order valence-corrected chi connectivity index (χ0v) is 14.7. The molecule has 2 aliphatic heterocycles. The molecule has 0 bridgehead atoms. The van der Waals surface area contributed by atoms with Gasteiger partial charge in [0.15, 0.2) is 6.23 Å². The van der Waals surface area contributed by atoms with Crippen LogP contribution in [0.5, 0.6) is 5.75 Å². The molecule has 0 spiro atoms. The molecule has 2 unspecified atom stereocenters. The van der Waals surface area contributed by atoms with Gasteiger partial charge in [0, 0.05) is 25.4 Å². The van der Waals surface area contributed by atoms with E-state index in [1.165, 1.54) is 4.68 Å². The largest absolute Gasteiger partial charge is 0.470 e. The number of carbonyl (C=O) groups excluding carboxylic acids is 1. The number of amides is 1. The van der Waals surface area contributed by atoms with E-state index in [0.717, 1.165) is 18.4 Å². The van der Waals surface area contributed by atoms with Crippen molar-refractivity contribution in [2.45, 2.75) is 32.0 Å². The van der Waals surface area contributed by atoms with Crippen LogP contribution in [0.3, 0.4) is 0 Å². The second-order valence-corrected chi connectivity index (χ2v) is 6.87. The quantitative estimate of drug-likeness (QED) is 0.689. The molecule has 2 aromatic heterocycles. The summed E-state index contributed by atoms with van der Waals surface area (Å²) in [5.41, 5.74) is 1.48. The van der Waals surface area contributed by atoms with Crippen molar-refractivity contribution in [3.8, 4) is 5.75 Å². The minimum atomic E-state index is -0.290. The van der Waals surface area contributed by atoms with Crippen molar-refractivity contribution in [3.63, 3.8) is 0 Å². The first-order valence-corrected chi connectivity index (χ1v) is 8.94. The maximum Gasteiger partial charge on any atom is 0.278 e. The SMILES string of the molecule is CC(c1ccncc1)n1nnc2cc3c(cc2c1=O)OC1CCCN1C3=O. The van der Waals surface area contributed by atoms with Gasteiger partial charge >= 0.3 is 0 Å². The lowest BCUT2D eigenvalue weighted by molar-refractivity contribution is 0.0295. The lowest BCUT2D eigenvalue weighted by Crippen LogP contribution is -2.43. The fraction of sp³-hybridized carbons (Fsp3) is 0.316. The molecule has 27 heavy (non-hydrogen) atoms. The molecule has 1 fully saturated rings. The molecule has 0 radical (unpaired) electrons. The van der Waals surface area contributed by atoms with Crippen LogP contribution in [0.2, 0.25) is 0 Å². The molecule has 4 heterocycles. The van der Waals surface area contributed by atoms with Crippen molar-refractivity contribution in [1.29, 1.82) is 0 Å². The molecule has 0 saturated carbocycles. The van der Waals surface area contributed by atoms with E-state index < -0.39 is 0 Å². The molecule has 2 atom stereocenters. The zero-order valence-electron chi connectivity index (χ0n) is 14.7. The lowest BCUT2D eigenvalue weighted by Gasteiger charge is -2.31. The van der Waals surface area contributed by atoms with Gasteiger partial charge in [-0.05, 0) is 43.2 Å². The predicted octanol–water partition coefficient (Wildman–Crippen LogP) is 1.75. The van der Waals surface area contributed by atoms with Crippen LogP contribution in [-0.4, -0.2) is 43.6 Å².